The van der Waals surface area contributed by atoms with Gasteiger partial charge in [0.2, 0.25) is 15.9 Å². The van der Waals surface area contributed by atoms with E-state index in [-0.39, 0.29) is 52.7 Å². The smallest absolute Gasteiger partial charge is 0.271 e. The molecular weight excluding hydrogens is 603 g/mol. The quantitative estimate of drug-likeness (QED) is 0.346. The molecule has 0 fully saturated rings. The molecule has 0 unspecified atom stereocenters. The molecule has 0 saturated heterocycles. The molecule has 228 valence electrons. The number of aliphatic hydroxyl groups excluding tert-OH is 1. The summed E-state index contributed by atoms with van der Waals surface area (Å²) in [5, 5.41) is 11.5. The molecule has 0 spiro atoms. The van der Waals surface area contributed by atoms with E-state index in [4.69, 9.17) is 9.47 Å². The van der Waals surface area contributed by atoms with Gasteiger partial charge in [-0.25, -0.2) is 16.8 Å². The van der Waals surface area contributed by atoms with Crippen molar-refractivity contribution in [3.05, 3.63) is 65.5 Å². The first-order valence-corrected chi connectivity index (χ1v) is 17.0. The first kappa shape index (κ1) is 31.8. The minimum Gasteiger partial charge on any atom is -0.497 e. The number of thiophene rings is 1. The van der Waals surface area contributed by atoms with Crippen LogP contribution in [0.5, 0.6) is 11.5 Å². The number of ether oxygens (including phenoxy) is 2. The summed E-state index contributed by atoms with van der Waals surface area (Å²) in [6.45, 7) is 3.51. The SMILES string of the molecule is COc1ccc(S(=O)(=O)N(C)C[C@@H]2Oc3ccc(NS(=O)(=O)c4cccs4)cc3CC(=O)N([C@H](C)CO)C[C@@H]2C)cc1. The van der Waals surface area contributed by atoms with Gasteiger partial charge in [-0.1, -0.05) is 13.0 Å². The van der Waals surface area contributed by atoms with E-state index in [9.17, 15) is 26.7 Å². The molecule has 0 radical (unpaired) electrons. The van der Waals surface area contributed by atoms with Crippen molar-refractivity contribution in [2.24, 2.45) is 5.92 Å². The fourth-order valence-corrected chi connectivity index (χ4v) is 7.84. The number of aliphatic hydroxyl groups is 1. The number of rotatable bonds is 10. The summed E-state index contributed by atoms with van der Waals surface area (Å²) in [5.41, 5.74) is 0.685. The number of hydrogen-bond acceptors (Lipinski definition) is 9. The van der Waals surface area contributed by atoms with Crippen LogP contribution in [0.3, 0.4) is 0 Å². The average Bonchev–Trinajstić information content (AvgIpc) is 3.53. The van der Waals surface area contributed by atoms with E-state index < -0.39 is 32.2 Å². The fourth-order valence-electron chi connectivity index (χ4n) is 4.61. The summed E-state index contributed by atoms with van der Waals surface area (Å²) in [4.78, 5) is 15.1. The van der Waals surface area contributed by atoms with Crippen LogP contribution in [0, 0.1) is 5.92 Å². The summed E-state index contributed by atoms with van der Waals surface area (Å²) >= 11 is 1.08. The molecule has 2 aromatic carbocycles. The van der Waals surface area contributed by atoms with Gasteiger partial charge in [0.05, 0.1) is 37.6 Å². The number of fused-ring (bicyclic) bond motifs is 1. The molecule has 2 heterocycles. The molecule has 11 nitrogen and oxygen atoms in total. The lowest BCUT2D eigenvalue weighted by molar-refractivity contribution is -0.134. The van der Waals surface area contributed by atoms with Crippen LogP contribution in [0.1, 0.15) is 19.4 Å². The van der Waals surface area contributed by atoms with Crippen LogP contribution in [-0.2, 0) is 31.3 Å². The maximum Gasteiger partial charge on any atom is 0.271 e. The third kappa shape index (κ3) is 7.06. The van der Waals surface area contributed by atoms with Crippen LogP contribution < -0.4 is 14.2 Å². The highest BCUT2D eigenvalue weighted by atomic mass is 32.2. The molecule has 42 heavy (non-hydrogen) atoms. The van der Waals surface area contributed by atoms with Gasteiger partial charge in [-0.15, -0.1) is 11.3 Å². The Labute approximate surface area is 250 Å². The average molecular weight is 638 g/mol. The summed E-state index contributed by atoms with van der Waals surface area (Å²) in [5.74, 6) is 0.264. The molecule has 3 aromatic rings. The molecule has 2 N–H and O–H groups in total. The Hall–Kier alpha value is -3.17. The molecule has 1 aliphatic rings. The monoisotopic (exact) mass is 637 g/mol. The number of carbonyl (C=O) groups excluding carboxylic acids is 1. The van der Waals surface area contributed by atoms with Gasteiger partial charge in [0.25, 0.3) is 10.0 Å². The number of hydrogen-bond donors (Lipinski definition) is 2. The largest absolute Gasteiger partial charge is 0.497 e. The number of anilines is 1. The zero-order valence-corrected chi connectivity index (χ0v) is 26.2. The Kier molecular flexibility index (Phi) is 9.83. The number of sulfonamides is 2. The predicted molar refractivity (Wildman–Crippen MR) is 160 cm³/mol. The Morgan fingerprint density at radius 1 is 1.17 bits per heavy atom. The number of carbonyl (C=O) groups is 1. The third-order valence-corrected chi connectivity index (χ3v) is 11.7. The number of methoxy groups -OCH3 is 1. The molecule has 4 rings (SSSR count). The second-order valence-corrected chi connectivity index (χ2v) is 15.1. The first-order chi connectivity index (χ1) is 19.8. The third-order valence-electron chi connectivity index (χ3n) is 7.13. The minimum atomic E-state index is -3.89. The van der Waals surface area contributed by atoms with E-state index in [1.54, 1.807) is 53.6 Å². The standard InChI is InChI=1S/C28H35N3O8S3/c1-19-16-31(20(2)18-32)27(33)15-21-14-22(29-41(34,35)28-6-5-13-40-28)7-12-25(21)39-26(19)17-30(3)42(36,37)24-10-8-23(38-4)9-11-24/h5-14,19-20,26,29,32H,15-18H2,1-4H3/t19-,20+,26-/m0/s1. The number of nitrogens with zero attached hydrogens (tertiary/aromatic N) is 2. The molecular formula is C28H35N3O8S3. The zero-order chi connectivity index (χ0) is 30.7. The van der Waals surface area contributed by atoms with Gasteiger partial charge in [-0.2, -0.15) is 4.31 Å². The molecule has 1 aliphatic heterocycles. The van der Waals surface area contributed by atoms with Crippen LogP contribution in [0.4, 0.5) is 5.69 Å². The maximum absolute atomic E-state index is 13.4. The summed E-state index contributed by atoms with van der Waals surface area (Å²) in [6.07, 6.45) is -0.789. The minimum absolute atomic E-state index is 0.0305. The Balaban J connectivity index is 1.67. The lowest BCUT2D eigenvalue weighted by atomic mass is 10.0. The summed E-state index contributed by atoms with van der Waals surface area (Å²) < 4.78 is 67.8. The van der Waals surface area contributed by atoms with Crippen LogP contribution >= 0.6 is 11.3 Å². The Bertz CT molecular complexity index is 1590. The van der Waals surface area contributed by atoms with E-state index in [0.717, 1.165) is 11.3 Å². The summed E-state index contributed by atoms with van der Waals surface area (Å²) in [7, 11) is -4.75. The maximum atomic E-state index is 13.4. The van der Waals surface area contributed by atoms with E-state index in [2.05, 4.69) is 4.72 Å². The predicted octanol–water partition coefficient (Wildman–Crippen LogP) is 3.03. The van der Waals surface area contributed by atoms with Gasteiger partial charge in [0, 0.05) is 30.8 Å². The van der Waals surface area contributed by atoms with Gasteiger partial charge in [0.1, 0.15) is 21.8 Å². The number of benzene rings is 2. The number of nitrogens with one attached hydrogen (secondary N) is 1. The molecule has 1 amide bonds. The van der Waals surface area contributed by atoms with Gasteiger partial charge >= 0.3 is 0 Å². The number of likely N-dealkylation sites (N-methyl/N-ethyl adjacent to an activating group) is 1. The first-order valence-electron chi connectivity index (χ1n) is 13.2. The Morgan fingerprint density at radius 2 is 1.88 bits per heavy atom. The number of amides is 1. The molecule has 1 aromatic heterocycles. The van der Waals surface area contributed by atoms with E-state index in [0.29, 0.717) is 17.1 Å². The van der Waals surface area contributed by atoms with E-state index in [1.807, 2.05) is 6.92 Å². The fraction of sp³-hybridized carbons (Fsp3) is 0.393. The molecule has 0 aliphatic carbocycles. The van der Waals surface area contributed by atoms with Crippen LogP contribution in [0.15, 0.2) is 69.1 Å². The lowest BCUT2D eigenvalue weighted by Gasteiger charge is -2.33. The molecule has 0 bridgehead atoms. The van der Waals surface area contributed by atoms with Crippen LogP contribution in [0.25, 0.3) is 0 Å². The van der Waals surface area contributed by atoms with Crippen molar-refractivity contribution >= 4 is 43.0 Å². The van der Waals surface area contributed by atoms with Gasteiger partial charge in [-0.05, 0) is 60.8 Å². The van der Waals surface area contributed by atoms with Crippen molar-refractivity contribution in [2.75, 3.05) is 38.6 Å². The zero-order valence-electron chi connectivity index (χ0n) is 23.8. The lowest BCUT2D eigenvalue weighted by Crippen LogP contribution is -2.48. The van der Waals surface area contributed by atoms with Crippen LogP contribution in [0.2, 0.25) is 0 Å². The highest BCUT2D eigenvalue weighted by molar-refractivity contribution is 7.94. The van der Waals surface area contributed by atoms with Crippen molar-refractivity contribution < 1.29 is 36.2 Å². The van der Waals surface area contributed by atoms with Crippen molar-refractivity contribution in [1.82, 2.24) is 9.21 Å². The van der Waals surface area contributed by atoms with E-state index >= 15 is 0 Å². The van der Waals surface area contributed by atoms with Crippen molar-refractivity contribution in [3.8, 4) is 11.5 Å². The van der Waals surface area contributed by atoms with Crippen molar-refractivity contribution in [1.29, 1.82) is 0 Å². The molecule has 14 heteroatoms. The topological polar surface area (TPSA) is 143 Å². The normalized spacial score (nSPS) is 18.8. The van der Waals surface area contributed by atoms with Gasteiger partial charge in [-0.3, -0.25) is 9.52 Å². The highest BCUT2D eigenvalue weighted by Crippen LogP contribution is 2.31. The summed E-state index contributed by atoms with van der Waals surface area (Å²) in [6, 6.07) is 13.4. The highest BCUT2D eigenvalue weighted by Gasteiger charge is 2.33. The second kappa shape index (κ2) is 13.0. The van der Waals surface area contributed by atoms with Gasteiger partial charge < -0.3 is 19.5 Å². The van der Waals surface area contributed by atoms with Crippen molar-refractivity contribution in [3.63, 3.8) is 0 Å². The van der Waals surface area contributed by atoms with Crippen LogP contribution in [-0.4, -0.2) is 83.1 Å². The molecule has 0 saturated carbocycles. The van der Waals surface area contributed by atoms with Crippen molar-refractivity contribution in [2.45, 2.75) is 41.5 Å². The van der Waals surface area contributed by atoms with Gasteiger partial charge in [0.15, 0.2) is 0 Å². The Morgan fingerprint density at radius 3 is 2.50 bits per heavy atom. The second-order valence-electron chi connectivity index (χ2n) is 10.2. The van der Waals surface area contributed by atoms with E-state index in [1.165, 1.54) is 36.7 Å². The molecule has 3 atom stereocenters.